The van der Waals surface area contributed by atoms with Crippen molar-refractivity contribution < 1.29 is 13.2 Å². The lowest BCUT2D eigenvalue weighted by Crippen LogP contribution is -2.48. The summed E-state index contributed by atoms with van der Waals surface area (Å²) in [6, 6.07) is 0. The van der Waals surface area contributed by atoms with Gasteiger partial charge in [-0.25, -0.2) is 12.7 Å². The van der Waals surface area contributed by atoms with E-state index in [2.05, 4.69) is 37.9 Å². The average molecular weight is 389 g/mol. The topological polar surface area (TPSA) is 74.2 Å². The quantitative estimate of drug-likeness (QED) is 0.571. The number of likely N-dealkylation sites (tertiary alicyclic amines) is 1. The number of nitrogens with one attached hydrogen (secondary N) is 1. The lowest BCUT2D eigenvalue weighted by atomic mass is 10.1. The summed E-state index contributed by atoms with van der Waals surface area (Å²) >= 11 is 0. The van der Waals surface area contributed by atoms with Crippen LogP contribution in [0.4, 0.5) is 0 Å². The van der Waals surface area contributed by atoms with E-state index in [4.69, 9.17) is 9.73 Å². The van der Waals surface area contributed by atoms with Gasteiger partial charge in [-0.2, -0.15) is 0 Å². The lowest BCUT2D eigenvalue weighted by molar-refractivity contribution is -0.0772. The maximum Gasteiger partial charge on any atom is 0.211 e. The van der Waals surface area contributed by atoms with Gasteiger partial charge >= 0.3 is 0 Å². The number of piperidine rings is 1. The van der Waals surface area contributed by atoms with Gasteiger partial charge in [-0.3, -0.25) is 4.99 Å². The van der Waals surface area contributed by atoms with E-state index in [-0.39, 0.29) is 5.60 Å². The summed E-state index contributed by atoms with van der Waals surface area (Å²) < 4.78 is 31.0. The monoisotopic (exact) mass is 388 g/mol. The van der Waals surface area contributed by atoms with E-state index in [0.29, 0.717) is 31.7 Å². The van der Waals surface area contributed by atoms with E-state index in [1.807, 2.05) is 0 Å². The summed E-state index contributed by atoms with van der Waals surface area (Å²) in [5, 5.41) is 3.38. The Bertz CT molecular complexity index is 578. The minimum absolute atomic E-state index is 0.0978. The molecule has 8 heteroatoms. The van der Waals surface area contributed by atoms with Gasteiger partial charge in [0, 0.05) is 39.3 Å². The highest BCUT2D eigenvalue weighted by Crippen LogP contribution is 2.21. The van der Waals surface area contributed by atoms with Crippen LogP contribution in [-0.4, -0.2) is 80.8 Å². The van der Waals surface area contributed by atoms with Crippen LogP contribution < -0.4 is 5.32 Å². The predicted molar refractivity (Wildman–Crippen MR) is 106 cm³/mol. The second-order valence-electron chi connectivity index (χ2n) is 8.39. The predicted octanol–water partition coefficient (Wildman–Crippen LogP) is 1.51. The van der Waals surface area contributed by atoms with Crippen molar-refractivity contribution in [2.45, 2.75) is 58.7 Å². The molecule has 2 aliphatic rings. The second kappa shape index (κ2) is 8.89. The molecule has 0 aromatic rings. The van der Waals surface area contributed by atoms with Crippen LogP contribution in [0.5, 0.6) is 0 Å². The first-order chi connectivity index (χ1) is 12.1. The van der Waals surface area contributed by atoms with E-state index >= 15 is 0 Å². The highest BCUT2D eigenvalue weighted by Gasteiger charge is 2.29. The SMILES string of the molecule is CCNC(=NCC1CCN(S(C)(=O)=O)C1)N1CCC(OC(C)(C)C)CC1. The summed E-state index contributed by atoms with van der Waals surface area (Å²) in [5.41, 5.74) is -0.0978. The Hall–Kier alpha value is -0.860. The van der Waals surface area contributed by atoms with Crippen LogP contribution in [0.15, 0.2) is 4.99 Å². The zero-order valence-electron chi connectivity index (χ0n) is 17.0. The Morgan fingerprint density at radius 1 is 1.19 bits per heavy atom. The second-order valence-corrected chi connectivity index (χ2v) is 10.4. The Balaban J connectivity index is 1.88. The Morgan fingerprint density at radius 2 is 1.85 bits per heavy atom. The van der Waals surface area contributed by atoms with Gasteiger partial charge in [0.2, 0.25) is 10.0 Å². The summed E-state index contributed by atoms with van der Waals surface area (Å²) in [6.07, 6.45) is 4.50. The minimum atomic E-state index is -3.08. The summed E-state index contributed by atoms with van der Waals surface area (Å²) in [4.78, 5) is 7.11. The van der Waals surface area contributed by atoms with Crippen molar-refractivity contribution in [3.05, 3.63) is 0 Å². The van der Waals surface area contributed by atoms with Crippen molar-refractivity contribution >= 4 is 16.0 Å². The van der Waals surface area contributed by atoms with E-state index in [9.17, 15) is 8.42 Å². The summed E-state index contributed by atoms with van der Waals surface area (Å²) in [7, 11) is -3.08. The van der Waals surface area contributed by atoms with Crippen LogP contribution in [0, 0.1) is 5.92 Å². The summed E-state index contributed by atoms with van der Waals surface area (Å²) in [5.74, 6) is 1.25. The molecule has 26 heavy (non-hydrogen) atoms. The highest BCUT2D eigenvalue weighted by atomic mass is 32.2. The van der Waals surface area contributed by atoms with E-state index in [1.54, 1.807) is 4.31 Å². The third-order valence-corrected chi connectivity index (χ3v) is 6.08. The van der Waals surface area contributed by atoms with Gasteiger partial charge in [-0.15, -0.1) is 0 Å². The number of nitrogens with zero attached hydrogens (tertiary/aromatic N) is 3. The normalized spacial score (nSPS) is 24.3. The first kappa shape index (κ1) is 21.4. The van der Waals surface area contributed by atoms with Crippen LogP contribution in [0.25, 0.3) is 0 Å². The number of aliphatic imine (C=N–C) groups is 1. The van der Waals surface area contributed by atoms with Gasteiger partial charge < -0.3 is 15.0 Å². The number of sulfonamides is 1. The fourth-order valence-corrected chi connectivity index (χ4v) is 4.49. The fourth-order valence-electron chi connectivity index (χ4n) is 3.57. The maximum absolute atomic E-state index is 11.7. The average Bonchev–Trinajstić information content (AvgIpc) is 3.00. The molecule has 2 heterocycles. The largest absolute Gasteiger partial charge is 0.372 e. The molecule has 1 unspecified atom stereocenters. The van der Waals surface area contributed by atoms with Crippen molar-refractivity contribution in [3.8, 4) is 0 Å². The molecular formula is C18H36N4O3S. The molecule has 152 valence electrons. The Kier molecular flexibility index (Phi) is 7.33. The molecule has 0 bridgehead atoms. The third-order valence-electron chi connectivity index (χ3n) is 4.81. The van der Waals surface area contributed by atoms with Gasteiger partial charge in [-0.05, 0) is 52.9 Å². The fraction of sp³-hybridized carbons (Fsp3) is 0.944. The van der Waals surface area contributed by atoms with Crippen LogP contribution >= 0.6 is 0 Å². The molecular weight excluding hydrogens is 352 g/mol. The van der Waals surface area contributed by atoms with Gasteiger partial charge in [0.25, 0.3) is 0 Å². The molecule has 0 aromatic carbocycles. The zero-order chi connectivity index (χ0) is 19.4. The highest BCUT2D eigenvalue weighted by molar-refractivity contribution is 7.88. The van der Waals surface area contributed by atoms with Gasteiger partial charge in [0.1, 0.15) is 0 Å². The lowest BCUT2D eigenvalue weighted by Gasteiger charge is -2.37. The van der Waals surface area contributed by atoms with Gasteiger partial charge in [-0.1, -0.05) is 0 Å². The van der Waals surface area contributed by atoms with Crippen molar-refractivity contribution in [2.24, 2.45) is 10.9 Å². The van der Waals surface area contributed by atoms with Crippen LogP contribution in [0.2, 0.25) is 0 Å². The molecule has 0 spiro atoms. The number of ether oxygens (including phenoxy) is 1. The van der Waals surface area contributed by atoms with Crippen LogP contribution in [0.3, 0.4) is 0 Å². The van der Waals surface area contributed by atoms with Crippen molar-refractivity contribution in [1.82, 2.24) is 14.5 Å². The standard InChI is InChI=1S/C18H36N4O3S/c1-6-19-17(20-13-15-7-12-22(14-15)26(5,23)24)21-10-8-16(9-11-21)25-18(2,3)4/h15-16H,6-14H2,1-5H3,(H,19,20). The van der Waals surface area contributed by atoms with Crippen LogP contribution in [0.1, 0.15) is 47.0 Å². The van der Waals surface area contributed by atoms with E-state index < -0.39 is 10.0 Å². The molecule has 0 aliphatic carbocycles. The molecule has 1 atom stereocenters. The van der Waals surface area contributed by atoms with E-state index in [0.717, 1.165) is 44.9 Å². The number of rotatable bonds is 5. The van der Waals surface area contributed by atoms with Crippen molar-refractivity contribution in [3.63, 3.8) is 0 Å². The Labute approximate surface area is 159 Å². The zero-order valence-corrected chi connectivity index (χ0v) is 17.8. The molecule has 1 N–H and O–H groups in total. The minimum Gasteiger partial charge on any atom is -0.372 e. The van der Waals surface area contributed by atoms with Crippen molar-refractivity contribution in [2.75, 3.05) is 45.5 Å². The summed E-state index contributed by atoms with van der Waals surface area (Å²) in [6.45, 7) is 13.0. The molecule has 2 fully saturated rings. The smallest absolute Gasteiger partial charge is 0.211 e. The molecule has 2 aliphatic heterocycles. The number of guanidine groups is 1. The Morgan fingerprint density at radius 3 is 2.35 bits per heavy atom. The first-order valence-corrected chi connectivity index (χ1v) is 11.6. The molecule has 2 rings (SSSR count). The first-order valence-electron chi connectivity index (χ1n) is 9.74. The molecule has 0 aromatic heterocycles. The molecule has 0 amide bonds. The molecule has 7 nitrogen and oxygen atoms in total. The van der Waals surface area contributed by atoms with Crippen molar-refractivity contribution in [1.29, 1.82) is 0 Å². The molecule has 2 saturated heterocycles. The van der Waals surface area contributed by atoms with Crippen LogP contribution in [-0.2, 0) is 14.8 Å². The van der Waals surface area contributed by atoms with Gasteiger partial charge in [0.15, 0.2) is 5.96 Å². The van der Waals surface area contributed by atoms with E-state index in [1.165, 1.54) is 6.26 Å². The number of hydrogen-bond donors (Lipinski definition) is 1. The molecule has 0 saturated carbocycles. The number of hydrogen-bond acceptors (Lipinski definition) is 4. The maximum atomic E-state index is 11.7. The van der Waals surface area contributed by atoms with Gasteiger partial charge in [0.05, 0.1) is 18.0 Å². The molecule has 0 radical (unpaired) electrons. The third kappa shape index (κ3) is 6.70.